The highest BCUT2D eigenvalue weighted by Crippen LogP contribution is 2.23. The van der Waals surface area contributed by atoms with Gasteiger partial charge in [-0.3, -0.25) is 4.90 Å². The average molecular weight is 339 g/mol. The lowest BCUT2D eigenvalue weighted by Crippen LogP contribution is -2.46. The van der Waals surface area contributed by atoms with Gasteiger partial charge in [0.25, 0.3) is 0 Å². The Labute approximate surface area is 139 Å². The van der Waals surface area contributed by atoms with Crippen LogP contribution in [0.25, 0.3) is 0 Å². The number of halogens is 1. The van der Waals surface area contributed by atoms with Crippen molar-refractivity contribution in [1.29, 1.82) is 0 Å². The molecule has 0 aliphatic carbocycles. The second-order valence-electron chi connectivity index (χ2n) is 5.27. The van der Waals surface area contributed by atoms with E-state index >= 15 is 0 Å². The van der Waals surface area contributed by atoms with Gasteiger partial charge in [0.2, 0.25) is 5.13 Å². The van der Waals surface area contributed by atoms with Crippen LogP contribution in [-0.2, 0) is 17.9 Å². The first-order valence-corrected chi connectivity index (χ1v) is 8.48. The summed E-state index contributed by atoms with van der Waals surface area (Å²) in [5.41, 5.74) is 1.19. The molecule has 22 heavy (non-hydrogen) atoms. The largest absolute Gasteiger partial charge is 0.377 e. The van der Waals surface area contributed by atoms with E-state index in [0.717, 1.165) is 47.9 Å². The molecule has 0 saturated carbocycles. The first-order valence-electron chi connectivity index (χ1n) is 7.28. The SMILES string of the molecule is COCc1nnc(N2CCN(Cc3ccccc3Cl)CC2)s1. The Morgan fingerprint density at radius 2 is 1.95 bits per heavy atom. The van der Waals surface area contributed by atoms with E-state index in [1.54, 1.807) is 18.4 Å². The third-order valence-electron chi connectivity index (χ3n) is 3.72. The number of hydrogen-bond donors (Lipinski definition) is 0. The minimum absolute atomic E-state index is 0.532. The fraction of sp³-hybridized carbons (Fsp3) is 0.467. The van der Waals surface area contributed by atoms with Crippen molar-refractivity contribution in [2.45, 2.75) is 13.2 Å². The van der Waals surface area contributed by atoms with Crippen molar-refractivity contribution in [2.75, 3.05) is 38.2 Å². The summed E-state index contributed by atoms with van der Waals surface area (Å²) in [5.74, 6) is 0. The molecular formula is C15H19ClN4OS. The molecule has 0 spiro atoms. The molecule has 0 bridgehead atoms. The third kappa shape index (κ3) is 3.76. The Morgan fingerprint density at radius 1 is 1.18 bits per heavy atom. The van der Waals surface area contributed by atoms with Crippen molar-refractivity contribution < 1.29 is 4.74 Å². The Kier molecular flexibility index (Phi) is 5.25. The van der Waals surface area contributed by atoms with Gasteiger partial charge in [0.1, 0.15) is 11.6 Å². The van der Waals surface area contributed by atoms with Crippen LogP contribution in [0.4, 0.5) is 5.13 Å². The van der Waals surface area contributed by atoms with Crippen molar-refractivity contribution in [2.24, 2.45) is 0 Å². The van der Waals surface area contributed by atoms with Crippen LogP contribution >= 0.6 is 22.9 Å². The molecule has 0 atom stereocenters. The normalized spacial score (nSPS) is 16.2. The molecule has 0 radical (unpaired) electrons. The number of aromatic nitrogens is 2. The van der Waals surface area contributed by atoms with Gasteiger partial charge in [0.05, 0.1) is 0 Å². The molecule has 2 heterocycles. The Hall–Kier alpha value is -1.21. The summed E-state index contributed by atoms with van der Waals surface area (Å²) in [5, 5.41) is 11.2. The van der Waals surface area contributed by atoms with E-state index in [-0.39, 0.29) is 0 Å². The third-order valence-corrected chi connectivity index (χ3v) is 5.04. The monoisotopic (exact) mass is 338 g/mol. The van der Waals surface area contributed by atoms with E-state index in [0.29, 0.717) is 6.61 Å². The van der Waals surface area contributed by atoms with Gasteiger partial charge in [-0.2, -0.15) is 0 Å². The highest BCUT2D eigenvalue weighted by molar-refractivity contribution is 7.15. The smallest absolute Gasteiger partial charge is 0.208 e. The fourth-order valence-corrected chi connectivity index (χ4v) is 3.58. The van der Waals surface area contributed by atoms with Crippen LogP contribution in [-0.4, -0.2) is 48.4 Å². The topological polar surface area (TPSA) is 41.5 Å². The molecule has 1 saturated heterocycles. The summed E-state index contributed by atoms with van der Waals surface area (Å²) in [6.07, 6.45) is 0. The predicted molar refractivity (Wildman–Crippen MR) is 89.6 cm³/mol. The van der Waals surface area contributed by atoms with Gasteiger partial charge in [-0.15, -0.1) is 10.2 Å². The number of nitrogens with zero attached hydrogens (tertiary/aromatic N) is 4. The molecule has 5 nitrogen and oxygen atoms in total. The van der Waals surface area contributed by atoms with Crippen molar-refractivity contribution in [1.82, 2.24) is 15.1 Å². The highest BCUT2D eigenvalue weighted by atomic mass is 35.5. The number of ether oxygens (including phenoxy) is 1. The number of piperazine rings is 1. The van der Waals surface area contributed by atoms with E-state index in [2.05, 4.69) is 26.1 Å². The lowest BCUT2D eigenvalue weighted by Gasteiger charge is -2.34. The van der Waals surface area contributed by atoms with Crippen LogP contribution in [0.15, 0.2) is 24.3 Å². The predicted octanol–water partition coefficient (Wildman–Crippen LogP) is 2.66. The molecule has 0 N–H and O–H groups in total. The molecule has 1 aromatic heterocycles. The molecule has 1 fully saturated rings. The summed E-state index contributed by atoms with van der Waals surface area (Å²) in [6, 6.07) is 8.05. The molecule has 0 unspecified atom stereocenters. The van der Waals surface area contributed by atoms with Gasteiger partial charge in [-0.25, -0.2) is 0 Å². The van der Waals surface area contributed by atoms with Crippen LogP contribution in [0.1, 0.15) is 10.6 Å². The second kappa shape index (κ2) is 7.37. The standard InChI is InChI=1S/C15H19ClN4OS/c1-21-11-14-17-18-15(22-14)20-8-6-19(7-9-20)10-12-4-2-3-5-13(12)16/h2-5H,6-11H2,1H3. The fourth-order valence-electron chi connectivity index (χ4n) is 2.52. The van der Waals surface area contributed by atoms with Crippen LogP contribution in [0, 0.1) is 0 Å². The summed E-state index contributed by atoms with van der Waals surface area (Å²) in [6.45, 7) is 5.37. The van der Waals surface area contributed by atoms with Gasteiger partial charge < -0.3 is 9.64 Å². The Morgan fingerprint density at radius 3 is 2.68 bits per heavy atom. The molecule has 1 aliphatic heterocycles. The maximum Gasteiger partial charge on any atom is 0.208 e. The van der Waals surface area contributed by atoms with Crippen LogP contribution in [0.3, 0.4) is 0 Å². The number of methoxy groups -OCH3 is 1. The van der Waals surface area contributed by atoms with E-state index < -0.39 is 0 Å². The van der Waals surface area contributed by atoms with Crippen molar-refractivity contribution in [3.05, 3.63) is 39.9 Å². The summed E-state index contributed by atoms with van der Waals surface area (Å²) in [4.78, 5) is 4.72. The summed E-state index contributed by atoms with van der Waals surface area (Å²) >= 11 is 7.85. The molecule has 3 rings (SSSR count). The van der Waals surface area contributed by atoms with Gasteiger partial charge in [0.15, 0.2) is 0 Å². The molecule has 1 aromatic carbocycles. The molecule has 0 amide bonds. The number of benzene rings is 1. The first-order chi connectivity index (χ1) is 10.8. The minimum atomic E-state index is 0.532. The zero-order chi connectivity index (χ0) is 15.4. The Balaban J connectivity index is 1.54. The van der Waals surface area contributed by atoms with E-state index in [9.17, 15) is 0 Å². The number of rotatable bonds is 5. The summed E-state index contributed by atoms with van der Waals surface area (Å²) in [7, 11) is 1.68. The van der Waals surface area contributed by atoms with E-state index in [4.69, 9.17) is 16.3 Å². The van der Waals surface area contributed by atoms with Crippen molar-refractivity contribution in [3.8, 4) is 0 Å². The van der Waals surface area contributed by atoms with Crippen molar-refractivity contribution >= 4 is 28.1 Å². The molecule has 118 valence electrons. The maximum absolute atomic E-state index is 6.23. The molecule has 7 heteroatoms. The lowest BCUT2D eigenvalue weighted by atomic mass is 10.2. The Bertz CT molecular complexity index is 613. The molecular weight excluding hydrogens is 320 g/mol. The van der Waals surface area contributed by atoms with Crippen LogP contribution in [0.5, 0.6) is 0 Å². The van der Waals surface area contributed by atoms with E-state index in [1.807, 2.05) is 18.2 Å². The second-order valence-corrected chi connectivity index (χ2v) is 6.71. The van der Waals surface area contributed by atoms with Crippen molar-refractivity contribution in [3.63, 3.8) is 0 Å². The maximum atomic E-state index is 6.23. The zero-order valence-electron chi connectivity index (χ0n) is 12.5. The number of anilines is 1. The lowest BCUT2D eigenvalue weighted by molar-refractivity contribution is 0.184. The average Bonchev–Trinajstić information content (AvgIpc) is 2.99. The van der Waals surface area contributed by atoms with Crippen LogP contribution < -0.4 is 4.90 Å². The van der Waals surface area contributed by atoms with Gasteiger partial charge in [-0.05, 0) is 11.6 Å². The number of hydrogen-bond acceptors (Lipinski definition) is 6. The molecule has 2 aromatic rings. The van der Waals surface area contributed by atoms with Gasteiger partial charge in [-0.1, -0.05) is 41.1 Å². The van der Waals surface area contributed by atoms with Gasteiger partial charge in [0, 0.05) is 44.9 Å². The zero-order valence-corrected chi connectivity index (χ0v) is 14.1. The minimum Gasteiger partial charge on any atom is -0.377 e. The first kappa shape index (κ1) is 15.7. The van der Waals surface area contributed by atoms with Gasteiger partial charge >= 0.3 is 0 Å². The van der Waals surface area contributed by atoms with E-state index in [1.165, 1.54) is 5.56 Å². The summed E-state index contributed by atoms with van der Waals surface area (Å²) < 4.78 is 5.09. The quantitative estimate of drug-likeness (QED) is 0.838. The van der Waals surface area contributed by atoms with Crippen LogP contribution in [0.2, 0.25) is 5.02 Å². The molecule has 1 aliphatic rings. The highest BCUT2D eigenvalue weighted by Gasteiger charge is 2.20.